The zero-order valence-corrected chi connectivity index (χ0v) is 16.7. The lowest BCUT2D eigenvalue weighted by molar-refractivity contribution is -0.127. The first-order valence-corrected chi connectivity index (χ1v) is 9.51. The van der Waals surface area contributed by atoms with Gasteiger partial charge in [0.15, 0.2) is 0 Å². The molecule has 1 saturated heterocycles. The lowest BCUT2D eigenvalue weighted by Crippen LogP contribution is -2.25. The van der Waals surface area contributed by atoms with Crippen LogP contribution >= 0.6 is 0 Å². The number of carbonyl (C=O) groups is 1. The number of aliphatic imine (C=N–C) groups is 1. The lowest BCUT2D eigenvalue weighted by atomic mass is 10.1. The zero-order valence-electron chi connectivity index (χ0n) is 16.7. The van der Waals surface area contributed by atoms with E-state index < -0.39 is 0 Å². The molecule has 0 aliphatic carbocycles. The van der Waals surface area contributed by atoms with Crippen LogP contribution in [0.25, 0.3) is 0 Å². The third-order valence-electron chi connectivity index (χ3n) is 4.67. The van der Waals surface area contributed by atoms with Crippen LogP contribution in [0, 0.1) is 0 Å². The van der Waals surface area contributed by atoms with Gasteiger partial charge in [-0.1, -0.05) is 12.2 Å². The molecule has 1 aliphatic heterocycles. The summed E-state index contributed by atoms with van der Waals surface area (Å²) >= 11 is 0. The minimum Gasteiger partial charge on any atom is -0.437 e. The highest BCUT2D eigenvalue weighted by atomic mass is 16.5. The Balaban J connectivity index is 1.71. The van der Waals surface area contributed by atoms with Gasteiger partial charge in [0.2, 0.25) is 11.8 Å². The summed E-state index contributed by atoms with van der Waals surface area (Å²) in [6, 6.07) is 7.50. The van der Waals surface area contributed by atoms with Gasteiger partial charge in [0.1, 0.15) is 17.3 Å². The van der Waals surface area contributed by atoms with E-state index in [2.05, 4.69) is 27.0 Å². The Morgan fingerprint density at radius 3 is 2.72 bits per heavy atom. The molecule has 1 amide bonds. The molecule has 1 unspecified atom stereocenters. The fourth-order valence-corrected chi connectivity index (χ4v) is 3.15. The van der Waals surface area contributed by atoms with Crippen molar-refractivity contribution >= 4 is 18.3 Å². The maximum absolute atomic E-state index is 11.6. The van der Waals surface area contributed by atoms with Crippen LogP contribution in [0.1, 0.15) is 31.9 Å². The van der Waals surface area contributed by atoms with E-state index in [1.54, 1.807) is 19.3 Å². The van der Waals surface area contributed by atoms with E-state index in [1.165, 1.54) is 0 Å². The Bertz CT molecular complexity index is 921. The van der Waals surface area contributed by atoms with E-state index >= 15 is 0 Å². The van der Waals surface area contributed by atoms with E-state index in [9.17, 15) is 4.79 Å². The molecule has 0 bridgehead atoms. The largest absolute Gasteiger partial charge is 0.437 e. The molecule has 7 nitrogen and oxygen atoms in total. The summed E-state index contributed by atoms with van der Waals surface area (Å²) in [7, 11) is 0. The molecule has 1 N–H and O–H groups in total. The number of hydrogen-bond donors (Lipinski definition) is 1. The maximum atomic E-state index is 11.6. The maximum Gasteiger partial charge on any atom is 0.241 e. The van der Waals surface area contributed by atoms with Gasteiger partial charge in [0.25, 0.3) is 0 Å². The van der Waals surface area contributed by atoms with Crippen LogP contribution in [-0.2, 0) is 4.79 Å². The number of carbonyl (C=O) groups excluding carboxylic acids is 1. The third-order valence-corrected chi connectivity index (χ3v) is 4.67. The van der Waals surface area contributed by atoms with Crippen LogP contribution in [-0.4, -0.2) is 40.6 Å². The standard InChI is InChI=1S/C22H25N5O2/c1-4-5-6-20(23-3)26-18-7-9-19(10-8-18)29-22-21(24-12-13-25-22)17-11-14-27(15-17)16(2)28/h4-10,12-13,17,26H,3,11,14-15H2,1-2H3/b5-4-,20-6+. The summed E-state index contributed by atoms with van der Waals surface area (Å²) in [6.07, 6.45) is 9.78. The number of nitrogens with one attached hydrogen (secondary N) is 1. The molecule has 3 rings (SSSR count). The minimum atomic E-state index is 0.0822. The molecule has 1 aromatic carbocycles. The summed E-state index contributed by atoms with van der Waals surface area (Å²) < 4.78 is 6.00. The molecule has 1 fully saturated rings. The number of anilines is 1. The molecule has 0 radical (unpaired) electrons. The minimum absolute atomic E-state index is 0.0822. The number of rotatable bonds is 7. The summed E-state index contributed by atoms with van der Waals surface area (Å²) in [5.41, 5.74) is 1.65. The molecule has 1 aliphatic rings. The van der Waals surface area contributed by atoms with Gasteiger partial charge in [-0.2, -0.15) is 0 Å². The van der Waals surface area contributed by atoms with Gasteiger partial charge in [0.05, 0.1) is 0 Å². The van der Waals surface area contributed by atoms with Gasteiger partial charge in [-0.15, -0.1) is 0 Å². The Morgan fingerprint density at radius 2 is 2.07 bits per heavy atom. The number of likely N-dealkylation sites (tertiary alicyclic amines) is 1. The normalized spacial score (nSPS) is 16.8. The van der Waals surface area contributed by atoms with E-state index in [-0.39, 0.29) is 11.8 Å². The molecule has 2 aromatic rings. The number of hydrogen-bond acceptors (Lipinski definition) is 6. The van der Waals surface area contributed by atoms with E-state index in [0.29, 0.717) is 24.0 Å². The van der Waals surface area contributed by atoms with Crippen molar-refractivity contribution < 1.29 is 9.53 Å². The monoisotopic (exact) mass is 391 g/mol. The Hall–Kier alpha value is -3.48. The van der Waals surface area contributed by atoms with Gasteiger partial charge < -0.3 is 15.0 Å². The number of aromatic nitrogens is 2. The predicted octanol–water partition coefficient (Wildman–Crippen LogP) is 4.13. The number of benzene rings is 1. The molecular formula is C22H25N5O2. The molecule has 150 valence electrons. The van der Waals surface area contributed by atoms with Crippen LogP contribution in [0.3, 0.4) is 0 Å². The topological polar surface area (TPSA) is 79.7 Å². The second kappa shape index (κ2) is 9.64. The average Bonchev–Trinajstić information content (AvgIpc) is 3.23. The van der Waals surface area contributed by atoms with Gasteiger partial charge in [-0.25, -0.2) is 9.98 Å². The predicted molar refractivity (Wildman–Crippen MR) is 114 cm³/mol. The van der Waals surface area contributed by atoms with Crippen molar-refractivity contribution in [2.24, 2.45) is 4.99 Å². The Labute approximate surface area is 170 Å². The summed E-state index contributed by atoms with van der Waals surface area (Å²) in [5.74, 6) is 2.00. The summed E-state index contributed by atoms with van der Waals surface area (Å²) in [6.45, 7) is 8.47. The molecular weight excluding hydrogens is 366 g/mol. The Kier molecular flexibility index (Phi) is 6.73. The van der Waals surface area contributed by atoms with Crippen LogP contribution in [0.4, 0.5) is 5.69 Å². The number of amides is 1. The number of ether oxygens (including phenoxy) is 1. The molecule has 1 aromatic heterocycles. The molecule has 0 saturated carbocycles. The van der Waals surface area contributed by atoms with Crippen LogP contribution < -0.4 is 10.1 Å². The fraction of sp³-hybridized carbons (Fsp3) is 0.273. The smallest absolute Gasteiger partial charge is 0.241 e. The summed E-state index contributed by atoms with van der Waals surface area (Å²) in [4.78, 5) is 26.2. The van der Waals surface area contributed by atoms with Crippen LogP contribution in [0.2, 0.25) is 0 Å². The zero-order chi connectivity index (χ0) is 20.6. The molecule has 29 heavy (non-hydrogen) atoms. The van der Waals surface area contributed by atoms with Gasteiger partial charge in [-0.3, -0.25) is 9.78 Å². The second-order valence-electron chi connectivity index (χ2n) is 6.68. The van der Waals surface area contributed by atoms with Crippen molar-refractivity contribution in [2.45, 2.75) is 26.2 Å². The number of nitrogens with zero attached hydrogens (tertiary/aromatic N) is 4. The van der Waals surface area contributed by atoms with E-state index in [0.717, 1.165) is 24.3 Å². The Morgan fingerprint density at radius 1 is 1.31 bits per heavy atom. The third kappa shape index (κ3) is 5.28. The van der Waals surface area contributed by atoms with Crippen LogP contribution in [0.5, 0.6) is 11.6 Å². The van der Waals surface area contributed by atoms with Gasteiger partial charge in [-0.05, 0) is 50.4 Å². The quantitative estimate of drug-likeness (QED) is 0.567. The van der Waals surface area contributed by atoms with Crippen molar-refractivity contribution in [1.29, 1.82) is 0 Å². The first-order chi connectivity index (χ1) is 14.1. The van der Waals surface area contributed by atoms with Crippen molar-refractivity contribution in [3.05, 3.63) is 66.4 Å². The fourth-order valence-electron chi connectivity index (χ4n) is 3.15. The van der Waals surface area contributed by atoms with Crippen molar-refractivity contribution in [2.75, 3.05) is 18.4 Å². The highest BCUT2D eigenvalue weighted by Crippen LogP contribution is 2.33. The number of allylic oxidation sites excluding steroid dienone is 3. The molecule has 7 heteroatoms. The highest BCUT2D eigenvalue weighted by Gasteiger charge is 2.29. The van der Waals surface area contributed by atoms with Crippen molar-refractivity contribution in [3.8, 4) is 11.6 Å². The van der Waals surface area contributed by atoms with E-state index in [1.807, 2.05) is 54.3 Å². The lowest BCUT2D eigenvalue weighted by Gasteiger charge is -2.15. The highest BCUT2D eigenvalue weighted by molar-refractivity contribution is 5.73. The molecule has 2 heterocycles. The van der Waals surface area contributed by atoms with Crippen molar-refractivity contribution in [3.63, 3.8) is 0 Å². The van der Waals surface area contributed by atoms with Gasteiger partial charge >= 0.3 is 0 Å². The van der Waals surface area contributed by atoms with Crippen molar-refractivity contribution in [1.82, 2.24) is 14.9 Å². The second-order valence-corrected chi connectivity index (χ2v) is 6.68. The first-order valence-electron chi connectivity index (χ1n) is 9.51. The molecule has 0 spiro atoms. The first kappa shape index (κ1) is 20.3. The molecule has 1 atom stereocenters. The van der Waals surface area contributed by atoms with Gasteiger partial charge in [0, 0.05) is 44.0 Å². The average molecular weight is 391 g/mol. The van der Waals surface area contributed by atoms with E-state index in [4.69, 9.17) is 4.74 Å². The van der Waals surface area contributed by atoms with Crippen LogP contribution in [0.15, 0.2) is 65.7 Å². The summed E-state index contributed by atoms with van der Waals surface area (Å²) in [5, 5.41) is 3.19. The SMILES string of the molecule is C=N/C(=C\C=C/C)Nc1ccc(Oc2nccnc2C2CCN(C(C)=O)C2)cc1.